The molecule has 20 heavy (non-hydrogen) atoms. The van der Waals surface area contributed by atoms with Crippen molar-refractivity contribution in [3.63, 3.8) is 0 Å². The van der Waals surface area contributed by atoms with E-state index < -0.39 is 11.7 Å². The molecule has 1 aromatic carbocycles. The van der Waals surface area contributed by atoms with Crippen LogP contribution in [0.1, 0.15) is 12.0 Å². The Bertz CT molecular complexity index is 553. The number of nitrogens with zero attached hydrogens (tertiary/aromatic N) is 1. The van der Waals surface area contributed by atoms with Crippen LogP contribution in [-0.2, 0) is 9.53 Å². The van der Waals surface area contributed by atoms with Gasteiger partial charge in [0.05, 0.1) is 0 Å². The Kier molecular flexibility index (Phi) is 6.91. The summed E-state index contributed by atoms with van der Waals surface area (Å²) < 4.78 is 19.1. The SMILES string of the molecule is COCCCNC(=O)/C(C#N)=C/c1ccc(Br)cc1F. The molecule has 0 spiro atoms. The highest BCUT2D eigenvalue weighted by atomic mass is 79.9. The fraction of sp³-hybridized carbons (Fsp3) is 0.286. The average molecular weight is 341 g/mol. The standard InChI is InChI=1S/C14H14BrFN2O2/c1-20-6-2-5-18-14(19)11(9-17)7-10-3-4-12(15)8-13(10)16/h3-4,7-8H,2,5-6H2,1H3,(H,18,19)/b11-7+. The molecule has 0 saturated heterocycles. The van der Waals surface area contributed by atoms with Crippen molar-refractivity contribution in [3.05, 3.63) is 39.6 Å². The smallest absolute Gasteiger partial charge is 0.261 e. The molecule has 6 heteroatoms. The fourth-order valence-corrected chi connectivity index (χ4v) is 1.77. The van der Waals surface area contributed by atoms with Crippen molar-refractivity contribution in [1.29, 1.82) is 5.26 Å². The van der Waals surface area contributed by atoms with E-state index in [0.29, 0.717) is 24.0 Å². The Morgan fingerprint density at radius 2 is 2.35 bits per heavy atom. The number of carbonyl (C=O) groups excluding carboxylic acids is 1. The van der Waals surface area contributed by atoms with Gasteiger partial charge in [0, 0.05) is 30.3 Å². The number of benzene rings is 1. The molecule has 0 atom stereocenters. The summed E-state index contributed by atoms with van der Waals surface area (Å²) in [6.45, 7) is 0.918. The highest BCUT2D eigenvalue weighted by Crippen LogP contribution is 2.17. The number of nitriles is 1. The van der Waals surface area contributed by atoms with Crippen LogP contribution >= 0.6 is 15.9 Å². The second-order valence-electron chi connectivity index (χ2n) is 3.94. The number of hydrogen-bond acceptors (Lipinski definition) is 3. The van der Waals surface area contributed by atoms with Gasteiger partial charge in [-0.2, -0.15) is 5.26 Å². The van der Waals surface area contributed by atoms with Gasteiger partial charge in [0.15, 0.2) is 0 Å². The van der Waals surface area contributed by atoms with E-state index in [0.717, 1.165) is 0 Å². The van der Waals surface area contributed by atoms with Crippen molar-refractivity contribution in [2.75, 3.05) is 20.3 Å². The van der Waals surface area contributed by atoms with Gasteiger partial charge in [-0.3, -0.25) is 4.79 Å². The van der Waals surface area contributed by atoms with Crippen LogP contribution in [0.15, 0.2) is 28.2 Å². The molecule has 0 aliphatic rings. The van der Waals surface area contributed by atoms with E-state index >= 15 is 0 Å². The van der Waals surface area contributed by atoms with Gasteiger partial charge >= 0.3 is 0 Å². The summed E-state index contributed by atoms with van der Waals surface area (Å²) in [4.78, 5) is 11.7. The van der Waals surface area contributed by atoms with Crippen molar-refractivity contribution in [2.45, 2.75) is 6.42 Å². The number of carbonyl (C=O) groups is 1. The van der Waals surface area contributed by atoms with E-state index in [1.165, 1.54) is 18.2 Å². The lowest BCUT2D eigenvalue weighted by molar-refractivity contribution is -0.117. The average Bonchev–Trinajstić information content (AvgIpc) is 2.42. The molecule has 0 saturated carbocycles. The van der Waals surface area contributed by atoms with Crippen LogP contribution in [0.4, 0.5) is 4.39 Å². The van der Waals surface area contributed by atoms with Gasteiger partial charge in [0.2, 0.25) is 0 Å². The minimum atomic E-state index is -0.522. The lowest BCUT2D eigenvalue weighted by Crippen LogP contribution is -2.26. The Labute approximate surface area is 125 Å². The Balaban J connectivity index is 2.77. The number of rotatable bonds is 6. The summed E-state index contributed by atoms with van der Waals surface area (Å²) in [5.74, 6) is -1.02. The first-order valence-electron chi connectivity index (χ1n) is 5.92. The predicted octanol–water partition coefficient (Wildman–Crippen LogP) is 2.65. The number of ether oxygens (including phenoxy) is 1. The molecule has 1 rings (SSSR count). The quantitative estimate of drug-likeness (QED) is 0.492. The predicted molar refractivity (Wildman–Crippen MR) is 77.2 cm³/mol. The molecule has 1 N–H and O–H groups in total. The molecule has 0 bridgehead atoms. The van der Waals surface area contributed by atoms with Crippen molar-refractivity contribution in [2.24, 2.45) is 0 Å². The van der Waals surface area contributed by atoms with Crippen molar-refractivity contribution >= 4 is 27.9 Å². The van der Waals surface area contributed by atoms with Crippen LogP contribution in [0.5, 0.6) is 0 Å². The molecule has 0 unspecified atom stereocenters. The molecule has 0 aliphatic heterocycles. The largest absolute Gasteiger partial charge is 0.385 e. The first-order valence-corrected chi connectivity index (χ1v) is 6.71. The van der Waals surface area contributed by atoms with Gasteiger partial charge in [0.25, 0.3) is 5.91 Å². The summed E-state index contributed by atoms with van der Waals surface area (Å²) in [5, 5.41) is 11.5. The van der Waals surface area contributed by atoms with Gasteiger partial charge in [-0.25, -0.2) is 4.39 Å². The van der Waals surface area contributed by atoms with E-state index in [1.54, 1.807) is 19.2 Å². The highest BCUT2D eigenvalue weighted by molar-refractivity contribution is 9.10. The first-order chi connectivity index (χ1) is 9.58. The van der Waals surface area contributed by atoms with Crippen LogP contribution in [0.2, 0.25) is 0 Å². The summed E-state index contributed by atoms with van der Waals surface area (Å²) in [5.41, 5.74) is 0.0560. The molecule has 4 nitrogen and oxygen atoms in total. The third-order valence-electron chi connectivity index (χ3n) is 2.44. The number of methoxy groups -OCH3 is 1. The maximum absolute atomic E-state index is 13.6. The molecular weight excluding hydrogens is 327 g/mol. The Morgan fingerprint density at radius 3 is 2.95 bits per heavy atom. The second kappa shape index (κ2) is 8.46. The molecule has 0 radical (unpaired) electrons. The molecule has 0 aliphatic carbocycles. The zero-order valence-corrected chi connectivity index (χ0v) is 12.5. The van der Waals surface area contributed by atoms with Gasteiger partial charge in [0.1, 0.15) is 17.5 Å². The van der Waals surface area contributed by atoms with Crippen LogP contribution < -0.4 is 5.32 Å². The summed E-state index contributed by atoms with van der Waals surface area (Å²) in [6.07, 6.45) is 1.88. The van der Waals surface area contributed by atoms with Crippen LogP contribution in [-0.4, -0.2) is 26.2 Å². The van der Waals surface area contributed by atoms with Crippen molar-refractivity contribution < 1.29 is 13.9 Å². The molecule has 0 heterocycles. The minimum Gasteiger partial charge on any atom is -0.385 e. The summed E-state index contributed by atoms with van der Waals surface area (Å²) in [7, 11) is 1.57. The maximum Gasteiger partial charge on any atom is 0.261 e. The van der Waals surface area contributed by atoms with Gasteiger partial charge < -0.3 is 10.1 Å². The van der Waals surface area contributed by atoms with E-state index in [4.69, 9.17) is 10.00 Å². The summed E-state index contributed by atoms with van der Waals surface area (Å²) >= 11 is 3.14. The number of hydrogen-bond donors (Lipinski definition) is 1. The molecule has 1 amide bonds. The Hall–Kier alpha value is -1.71. The first kappa shape index (κ1) is 16.3. The topological polar surface area (TPSA) is 62.1 Å². The number of nitrogens with one attached hydrogen (secondary N) is 1. The zero-order chi connectivity index (χ0) is 15.0. The number of amides is 1. The molecule has 1 aromatic rings. The van der Waals surface area contributed by atoms with E-state index in [1.807, 2.05) is 0 Å². The van der Waals surface area contributed by atoms with Crippen LogP contribution in [0, 0.1) is 17.1 Å². The lowest BCUT2D eigenvalue weighted by Gasteiger charge is -2.04. The lowest BCUT2D eigenvalue weighted by atomic mass is 10.1. The van der Waals surface area contributed by atoms with Gasteiger partial charge in [-0.05, 0) is 24.6 Å². The third kappa shape index (κ3) is 5.11. The van der Waals surface area contributed by atoms with E-state index in [2.05, 4.69) is 21.2 Å². The molecular formula is C14H14BrFN2O2. The van der Waals surface area contributed by atoms with Crippen molar-refractivity contribution in [1.82, 2.24) is 5.32 Å². The molecule has 0 aromatic heterocycles. The maximum atomic E-state index is 13.6. The molecule has 106 valence electrons. The summed E-state index contributed by atoms with van der Waals surface area (Å²) in [6, 6.07) is 6.18. The Morgan fingerprint density at radius 1 is 1.60 bits per heavy atom. The van der Waals surface area contributed by atoms with E-state index in [9.17, 15) is 9.18 Å². The van der Waals surface area contributed by atoms with Crippen LogP contribution in [0.3, 0.4) is 0 Å². The fourth-order valence-electron chi connectivity index (χ4n) is 1.44. The minimum absolute atomic E-state index is 0.136. The second-order valence-corrected chi connectivity index (χ2v) is 4.85. The van der Waals surface area contributed by atoms with Crippen LogP contribution in [0.25, 0.3) is 6.08 Å². The van der Waals surface area contributed by atoms with Crippen molar-refractivity contribution in [3.8, 4) is 6.07 Å². The van der Waals surface area contributed by atoms with E-state index in [-0.39, 0.29) is 11.1 Å². The number of halogens is 2. The molecule has 0 fully saturated rings. The highest BCUT2D eigenvalue weighted by Gasteiger charge is 2.10. The van der Waals surface area contributed by atoms with Gasteiger partial charge in [-0.15, -0.1) is 0 Å². The zero-order valence-electron chi connectivity index (χ0n) is 11.0. The van der Waals surface area contributed by atoms with Gasteiger partial charge in [-0.1, -0.05) is 22.0 Å². The normalized spacial score (nSPS) is 11.0. The third-order valence-corrected chi connectivity index (χ3v) is 2.93. The monoisotopic (exact) mass is 340 g/mol.